The van der Waals surface area contributed by atoms with Gasteiger partial charge in [0.2, 0.25) is 0 Å². The Morgan fingerprint density at radius 2 is 2.13 bits per heavy atom. The van der Waals surface area contributed by atoms with E-state index in [1.807, 2.05) is 0 Å². The molecular weight excluding hydrogens is 216 g/mol. The Kier molecular flexibility index (Phi) is 3.74. The first kappa shape index (κ1) is 11.6. The Labute approximate surface area is 93.3 Å². The fourth-order valence-corrected chi connectivity index (χ4v) is 1.42. The third kappa shape index (κ3) is 2.30. The zero-order chi connectivity index (χ0) is 11.4. The summed E-state index contributed by atoms with van der Waals surface area (Å²) >= 11 is 5.98. The van der Waals surface area contributed by atoms with Crippen molar-refractivity contribution in [3.8, 4) is 5.75 Å². The lowest BCUT2D eigenvalue weighted by Gasteiger charge is -2.08. The quantitative estimate of drug-likeness (QED) is 0.744. The van der Waals surface area contributed by atoms with E-state index >= 15 is 0 Å². The first-order valence-electron chi connectivity index (χ1n) is 4.22. The van der Waals surface area contributed by atoms with Crippen molar-refractivity contribution in [2.24, 2.45) is 0 Å². The number of carbonyl (C=O) groups excluding carboxylic acids is 1. The van der Waals surface area contributed by atoms with Crippen molar-refractivity contribution in [1.29, 1.82) is 0 Å². The van der Waals surface area contributed by atoms with E-state index in [9.17, 15) is 4.79 Å². The summed E-state index contributed by atoms with van der Waals surface area (Å²) in [4.78, 5) is 11.3. The predicted octanol–water partition coefficient (Wildman–Crippen LogP) is 2.78. The van der Waals surface area contributed by atoms with Crippen LogP contribution in [0.4, 0.5) is 0 Å². The van der Waals surface area contributed by atoms with E-state index in [1.54, 1.807) is 12.1 Å². The smallest absolute Gasteiger partial charge is 0.338 e. The summed E-state index contributed by atoms with van der Waals surface area (Å²) in [5, 5.41) is 0.431. The Bertz CT molecular complexity index is 399. The molecular formula is C11H11ClO3. The second-order valence-corrected chi connectivity index (χ2v) is 3.16. The number of benzene rings is 1. The van der Waals surface area contributed by atoms with Crippen LogP contribution in [0.2, 0.25) is 5.02 Å². The predicted molar refractivity (Wildman–Crippen MR) is 59.4 cm³/mol. The van der Waals surface area contributed by atoms with Crippen LogP contribution in [-0.4, -0.2) is 20.2 Å². The number of ether oxygens (including phenoxy) is 2. The van der Waals surface area contributed by atoms with Gasteiger partial charge in [-0.25, -0.2) is 4.79 Å². The van der Waals surface area contributed by atoms with Gasteiger partial charge in [0.1, 0.15) is 5.75 Å². The van der Waals surface area contributed by atoms with Crippen LogP contribution in [0, 0.1) is 0 Å². The van der Waals surface area contributed by atoms with Gasteiger partial charge in [0.15, 0.2) is 0 Å². The summed E-state index contributed by atoms with van der Waals surface area (Å²) in [7, 11) is 2.80. The van der Waals surface area contributed by atoms with Crippen LogP contribution in [0.1, 0.15) is 15.9 Å². The molecule has 0 bridgehead atoms. The second-order valence-electron chi connectivity index (χ2n) is 2.78. The van der Waals surface area contributed by atoms with E-state index in [2.05, 4.69) is 11.3 Å². The molecule has 0 saturated heterocycles. The minimum absolute atomic E-state index is 0.383. The summed E-state index contributed by atoms with van der Waals surface area (Å²) in [5.74, 6) is -0.0115. The fourth-order valence-electron chi connectivity index (χ4n) is 1.15. The molecule has 0 aliphatic rings. The SMILES string of the molecule is C=Cc1cc(C(=O)OC)cc(OC)c1Cl. The maximum Gasteiger partial charge on any atom is 0.338 e. The van der Waals surface area contributed by atoms with E-state index < -0.39 is 5.97 Å². The first-order chi connectivity index (χ1) is 7.13. The summed E-state index contributed by atoms with van der Waals surface area (Å²) in [5.41, 5.74) is 1.02. The number of hydrogen-bond donors (Lipinski definition) is 0. The maximum atomic E-state index is 11.3. The normalized spacial score (nSPS) is 9.53. The number of rotatable bonds is 3. The highest BCUT2D eigenvalue weighted by molar-refractivity contribution is 6.33. The minimum Gasteiger partial charge on any atom is -0.495 e. The molecule has 15 heavy (non-hydrogen) atoms. The van der Waals surface area contributed by atoms with E-state index in [1.165, 1.54) is 20.3 Å². The van der Waals surface area contributed by atoms with Crippen LogP contribution in [0.3, 0.4) is 0 Å². The minimum atomic E-state index is -0.437. The zero-order valence-electron chi connectivity index (χ0n) is 8.54. The number of hydrogen-bond acceptors (Lipinski definition) is 3. The first-order valence-corrected chi connectivity index (χ1v) is 4.60. The van der Waals surface area contributed by atoms with Gasteiger partial charge in [0.05, 0.1) is 24.8 Å². The molecule has 1 aromatic rings. The highest BCUT2D eigenvalue weighted by atomic mass is 35.5. The molecule has 0 saturated carbocycles. The molecule has 0 unspecified atom stereocenters. The molecule has 3 nitrogen and oxygen atoms in total. The van der Waals surface area contributed by atoms with Crippen molar-refractivity contribution in [3.05, 3.63) is 34.9 Å². The molecule has 1 rings (SSSR count). The van der Waals surface area contributed by atoms with Gasteiger partial charge in [-0.05, 0) is 17.7 Å². The van der Waals surface area contributed by atoms with Crippen LogP contribution in [0.15, 0.2) is 18.7 Å². The van der Waals surface area contributed by atoms with Crippen molar-refractivity contribution in [3.63, 3.8) is 0 Å². The maximum absolute atomic E-state index is 11.3. The largest absolute Gasteiger partial charge is 0.495 e. The molecule has 0 aliphatic heterocycles. The fraction of sp³-hybridized carbons (Fsp3) is 0.182. The molecule has 1 aromatic carbocycles. The monoisotopic (exact) mass is 226 g/mol. The van der Waals surface area contributed by atoms with Gasteiger partial charge in [-0.2, -0.15) is 0 Å². The van der Waals surface area contributed by atoms with Gasteiger partial charge >= 0.3 is 5.97 Å². The van der Waals surface area contributed by atoms with Crippen LogP contribution < -0.4 is 4.74 Å². The number of esters is 1. The van der Waals surface area contributed by atoms with Crippen molar-refractivity contribution in [2.75, 3.05) is 14.2 Å². The van der Waals surface area contributed by atoms with E-state index in [-0.39, 0.29) is 0 Å². The molecule has 0 atom stereocenters. The van der Waals surface area contributed by atoms with Gasteiger partial charge in [-0.15, -0.1) is 0 Å². The van der Waals surface area contributed by atoms with Gasteiger partial charge in [0, 0.05) is 0 Å². The molecule has 80 valence electrons. The molecule has 0 aromatic heterocycles. The Hall–Kier alpha value is -1.48. The highest BCUT2D eigenvalue weighted by Gasteiger charge is 2.12. The zero-order valence-corrected chi connectivity index (χ0v) is 9.30. The van der Waals surface area contributed by atoms with E-state index in [0.717, 1.165) is 0 Å². The molecule has 0 radical (unpaired) electrons. The van der Waals surface area contributed by atoms with Gasteiger partial charge in [-0.1, -0.05) is 24.3 Å². The third-order valence-corrected chi connectivity index (χ3v) is 2.33. The number of halogens is 1. The summed E-state index contributed by atoms with van der Waals surface area (Å²) in [6.07, 6.45) is 1.55. The molecule has 0 spiro atoms. The summed E-state index contributed by atoms with van der Waals surface area (Å²) in [6.45, 7) is 3.60. The van der Waals surface area contributed by atoms with Crippen LogP contribution in [0.25, 0.3) is 6.08 Å². The average Bonchev–Trinajstić information content (AvgIpc) is 2.28. The molecule has 0 heterocycles. The van der Waals surface area contributed by atoms with Crippen molar-refractivity contribution < 1.29 is 14.3 Å². The standard InChI is InChI=1S/C11H11ClO3/c1-4-7-5-8(11(13)15-3)6-9(14-2)10(7)12/h4-6H,1H2,2-3H3. The highest BCUT2D eigenvalue weighted by Crippen LogP contribution is 2.30. The van der Waals surface area contributed by atoms with Crippen molar-refractivity contribution in [2.45, 2.75) is 0 Å². The summed E-state index contributed by atoms with van der Waals surface area (Å²) < 4.78 is 9.64. The Morgan fingerprint density at radius 1 is 1.47 bits per heavy atom. The Morgan fingerprint density at radius 3 is 2.60 bits per heavy atom. The van der Waals surface area contributed by atoms with Crippen LogP contribution >= 0.6 is 11.6 Å². The average molecular weight is 227 g/mol. The summed E-state index contributed by atoms with van der Waals surface area (Å²) in [6, 6.07) is 3.13. The van der Waals surface area contributed by atoms with Crippen molar-refractivity contribution in [1.82, 2.24) is 0 Å². The molecule has 0 amide bonds. The topological polar surface area (TPSA) is 35.5 Å². The van der Waals surface area contributed by atoms with E-state index in [0.29, 0.717) is 21.9 Å². The van der Waals surface area contributed by atoms with Crippen molar-refractivity contribution >= 4 is 23.6 Å². The number of methoxy groups -OCH3 is 2. The van der Waals surface area contributed by atoms with E-state index in [4.69, 9.17) is 16.3 Å². The molecule has 0 aliphatic carbocycles. The lowest BCUT2D eigenvalue weighted by atomic mass is 10.1. The van der Waals surface area contributed by atoms with Gasteiger partial charge in [-0.3, -0.25) is 0 Å². The van der Waals surface area contributed by atoms with Gasteiger partial charge < -0.3 is 9.47 Å². The lowest BCUT2D eigenvalue weighted by molar-refractivity contribution is 0.0600. The Balaban J connectivity index is 3.32. The molecule has 0 fully saturated rings. The number of carbonyl (C=O) groups is 1. The molecule has 0 N–H and O–H groups in total. The third-order valence-electron chi connectivity index (χ3n) is 1.93. The lowest BCUT2D eigenvalue weighted by Crippen LogP contribution is -2.02. The second kappa shape index (κ2) is 4.84. The van der Waals surface area contributed by atoms with Crippen LogP contribution in [0.5, 0.6) is 5.75 Å². The van der Waals surface area contributed by atoms with Crippen LogP contribution in [-0.2, 0) is 4.74 Å². The molecule has 4 heteroatoms. The van der Waals surface area contributed by atoms with Gasteiger partial charge in [0.25, 0.3) is 0 Å².